The van der Waals surface area contributed by atoms with Gasteiger partial charge in [-0.3, -0.25) is 9.97 Å². The number of allylic oxidation sites excluding steroid dienone is 2. The lowest BCUT2D eigenvalue weighted by atomic mass is 9.90. The molecule has 0 N–H and O–H groups in total. The quantitative estimate of drug-likeness (QED) is 0.205. The molecule has 0 unspecified atom stereocenters. The Hall–Kier alpha value is -3.50. The first-order valence-corrected chi connectivity index (χ1v) is 14.2. The molecule has 1 aliphatic rings. The van der Waals surface area contributed by atoms with Crippen LogP contribution in [0.1, 0.15) is 52.9 Å². The molecule has 0 atom stereocenters. The number of aryl methyl sites for hydroxylation is 2. The van der Waals surface area contributed by atoms with Crippen LogP contribution in [0.15, 0.2) is 49.1 Å². The van der Waals surface area contributed by atoms with Crippen molar-refractivity contribution in [3.8, 4) is 0 Å². The van der Waals surface area contributed by atoms with E-state index in [1.165, 1.54) is 27.7 Å². The third-order valence-corrected chi connectivity index (χ3v) is 9.50. The average Bonchev–Trinajstić information content (AvgIpc) is 3.41. The summed E-state index contributed by atoms with van der Waals surface area (Å²) in [7, 11) is 0. The van der Waals surface area contributed by atoms with Crippen molar-refractivity contribution in [1.82, 2.24) is 9.97 Å². The van der Waals surface area contributed by atoms with Crippen LogP contribution in [0, 0.1) is 27.7 Å². The van der Waals surface area contributed by atoms with Crippen LogP contribution >= 0.6 is 22.7 Å². The summed E-state index contributed by atoms with van der Waals surface area (Å²) in [5, 5.41) is 0. The summed E-state index contributed by atoms with van der Waals surface area (Å²) in [5.74, 6) is -15.8. The van der Waals surface area contributed by atoms with Gasteiger partial charge < -0.3 is 0 Å². The number of halogens is 6. The Labute approximate surface area is 241 Å². The van der Waals surface area contributed by atoms with Gasteiger partial charge in [0.05, 0.1) is 0 Å². The predicted molar refractivity (Wildman–Crippen MR) is 156 cm³/mol. The molecule has 0 amide bonds. The summed E-state index contributed by atoms with van der Waals surface area (Å²) in [4.78, 5) is 9.41. The first-order valence-electron chi connectivity index (χ1n) is 12.5. The van der Waals surface area contributed by atoms with Gasteiger partial charge in [-0.2, -0.15) is 26.3 Å². The molecule has 212 valence electrons. The van der Waals surface area contributed by atoms with Crippen LogP contribution in [0.2, 0.25) is 0 Å². The highest BCUT2D eigenvalue weighted by molar-refractivity contribution is 7.13. The minimum Gasteiger partial charge on any atom is -0.265 e. The molecule has 10 heteroatoms. The van der Waals surface area contributed by atoms with Crippen molar-refractivity contribution < 1.29 is 26.3 Å². The third-order valence-electron chi connectivity index (χ3n) is 7.15. The molecule has 0 radical (unpaired) electrons. The smallest absolute Gasteiger partial charge is 0.265 e. The van der Waals surface area contributed by atoms with Crippen molar-refractivity contribution in [3.63, 3.8) is 0 Å². The van der Waals surface area contributed by atoms with Crippen LogP contribution in [0.3, 0.4) is 0 Å². The Morgan fingerprint density at radius 1 is 0.561 bits per heavy atom. The number of alkyl halides is 6. The Kier molecular flexibility index (Phi) is 7.36. The molecule has 0 saturated carbocycles. The van der Waals surface area contributed by atoms with Gasteiger partial charge in [0.2, 0.25) is 0 Å². The second kappa shape index (κ2) is 10.4. The van der Waals surface area contributed by atoms with Crippen molar-refractivity contribution in [2.75, 3.05) is 0 Å². The lowest BCUT2D eigenvalue weighted by Gasteiger charge is -2.26. The zero-order chi connectivity index (χ0) is 29.7. The number of hydrogen-bond donors (Lipinski definition) is 0. The molecule has 4 aromatic rings. The van der Waals surface area contributed by atoms with Gasteiger partial charge in [0, 0.05) is 66.6 Å². The number of nitrogens with zero attached hydrogens (tertiary/aromatic N) is 2. The Morgan fingerprint density at radius 3 is 1.24 bits per heavy atom. The van der Waals surface area contributed by atoms with Crippen molar-refractivity contribution in [2.45, 2.75) is 45.5 Å². The maximum Gasteiger partial charge on any atom is 0.380 e. The fourth-order valence-corrected chi connectivity index (χ4v) is 7.24. The second-order valence-electron chi connectivity index (χ2n) is 9.75. The molecule has 0 fully saturated rings. The zero-order valence-corrected chi connectivity index (χ0v) is 24.0. The first kappa shape index (κ1) is 29.0. The standard InChI is InChI=1S/C31H24F6N2S2/c1-17-23(7-5-21-9-13-38-14-10-21)40-19(3)25(17)27-28(30(34,35)31(36,37)29(27,32)33)26-18(2)24(41-20(26)4)8-6-22-11-15-39-16-12-22/h5-16H,1-4H3. The minimum absolute atomic E-state index is 0.238. The average molecular weight is 603 g/mol. The number of aromatic nitrogens is 2. The number of pyridine rings is 2. The molecule has 2 nitrogen and oxygen atoms in total. The third kappa shape index (κ3) is 4.67. The molecule has 0 bridgehead atoms. The van der Waals surface area contributed by atoms with Crippen molar-refractivity contribution in [2.24, 2.45) is 0 Å². The Balaban J connectivity index is 1.72. The summed E-state index contributed by atoms with van der Waals surface area (Å²) in [6, 6.07) is 6.96. The lowest BCUT2D eigenvalue weighted by Crippen LogP contribution is -2.49. The molecular weight excluding hydrogens is 578 g/mol. The Morgan fingerprint density at radius 2 is 0.902 bits per heavy atom. The van der Waals surface area contributed by atoms with Gasteiger partial charge >= 0.3 is 17.8 Å². The van der Waals surface area contributed by atoms with E-state index in [0.29, 0.717) is 9.75 Å². The molecule has 41 heavy (non-hydrogen) atoms. The van der Waals surface area contributed by atoms with E-state index in [0.717, 1.165) is 33.8 Å². The van der Waals surface area contributed by atoms with Crippen LogP contribution in [0.5, 0.6) is 0 Å². The van der Waals surface area contributed by atoms with Crippen LogP contribution in [-0.2, 0) is 0 Å². The highest BCUT2D eigenvalue weighted by atomic mass is 32.1. The van der Waals surface area contributed by atoms with Crippen molar-refractivity contribution in [3.05, 3.63) is 102 Å². The van der Waals surface area contributed by atoms with Gasteiger partial charge in [-0.25, -0.2) is 0 Å². The molecule has 1 aliphatic carbocycles. The van der Waals surface area contributed by atoms with Crippen LogP contribution in [-0.4, -0.2) is 27.7 Å². The van der Waals surface area contributed by atoms with Crippen molar-refractivity contribution >= 4 is 58.1 Å². The lowest BCUT2D eigenvalue weighted by molar-refractivity contribution is -0.254. The fraction of sp³-hybridized carbons (Fsp3) is 0.226. The van der Waals surface area contributed by atoms with E-state index in [1.807, 2.05) is 0 Å². The molecule has 0 saturated heterocycles. The molecule has 0 aliphatic heterocycles. The van der Waals surface area contributed by atoms with Gasteiger partial charge in [0.15, 0.2) is 0 Å². The van der Waals surface area contributed by atoms with E-state index >= 15 is 26.3 Å². The van der Waals surface area contributed by atoms with E-state index in [-0.39, 0.29) is 32.0 Å². The normalized spacial score (nSPS) is 17.8. The summed E-state index contributed by atoms with van der Waals surface area (Å²) >= 11 is 2.18. The van der Waals surface area contributed by atoms with Crippen LogP contribution in [0.4, 0.5) is 26.3 Å². The van der Waals surface area contributed by atoms with E-state index in [4.69, 9.17) is 0 Å². The van der Waals surface area contributed by atoms with Gasteiger partial charge in [-0.15, -0.1) is 22.7 Å². The van der Waals surface area contributed by atoms with Gasteiger partial charge in [-0.05, 0) is 86.4 Å². The molecular formula is C31H24F6N2S2. The summed E-state index contributed by atoms with van der Waals surface area (Å²) in [5.41, 5.74) is -1.10. The zero-order valence-electron chi connectivity index (χ0n) is 22.4. The highest BCUT2D eigenvalue weighted by Gasteiger charge is 2.80. The van der Waals surface area contributed by atoms with Crippen molar-refractivity contribution in [1.29, 1.82) is 0 Å². The van der Waals surface area contributed by atoms with Gasteiger partial charge in [-0.1, -0.05) is 12.2 Å². The number of hydrogen-bond acceptors (Lipinski definition) is 4. The second-order valence-corrected chi connectivity index (χ2v) is 12.3. The van der Waals surface area contributed by atoms with Crippen LogP contribution < -0.4 is 0 Å². The monoisotopic (exact) mass is 602 g/mol. The summed E-state index contributed by atoms with van der Waals surface area (Å²) < 4.78 is 92.7. The number of thiophene rings is 2. The minimum atomic E-state index is -5.62. The molecule has 4 aromatic heterocycles. The highest BCUT2D eigenvalue weighted by Crippen LogP contribution is 2.66. The maximum absolute atomic E-state index is 15.6. The van der Waals surface area contributed by atoms with E-state index in [9.17, 15) is 0 Å². The molecule has 4 heterocycles. The van der Waals surface area contributed by atoms with E-state index in [2.05, 4.69) is 9.97 Å². The topological polar surface area (TPSA) is 25.8 Å². The van der Waals surface area contributed by atoms with Crippen LogP contribution in [0.25, 0.3) is 35.5 Å². The van der Waals surface area contributed by atoms with E-state index in [1.54, 1.807) is 73.4 Å². The maximum atomic E-state index is 15.6. The van der Waals surface area contributed by atoms with E-state index < -0.39 is 28.9 Å². The Bertz CT molecular complexity index is 1570. The molecule has 5 rings (SSSR count). The number of rotatable bonds is 6. The van der Waals surface area contributed by atoms with Gasteiger partial charge in [0.1, 0.15) is 0 Å². The summed E-state index contributed by atoms with van der Waals surface area (Å²) in [6.45, 7) is 5.97. The van der Waals surface area contributed by atoms with Gasteiger partial charge in [0.25, 0.3) is 0 Å². The first-order chi connectivity index (χ1) is 19.3. The summed E-state index contributed by atoms with van der Waals surface area (Å²) in [6.07, 6.45) is 13.1. The fourth-order valence-electron chi connectivity index (χ4n) is 5.09. The largest absolute Gasteiger partial charge is 0.380 e. The predicted octanol–water partition coefficient (Wildman–Crippen LogP) is 10.0. The molecule has 0 aromatic carbocycles. The SMILES string of the molecule is Cc1sc(C=Cc2ccncc2)c(C)c1C1=C(c2c(C)sc(C=Cc3ccncc3)c2C)C(F)(F)C(F)(F)C1(F)F. The molecule has 0 spiro atoms.